The normalized spacial score (nSPS) is 13.5. The zero-order chi connectivity index (χ0) is 24.5. The number of carbonyl (C=O) groups is 1. The fraction of sp³-hybridized carbons (Fsp3) is 0.167. The van der Waals surface area contributed by atoms with Gasteiger partial charge >= 0.3 is 12.1 Å². The Hall–Kier alpha value is -3.92. The largest absolute Gasteiger partial charge is 0.465 e. The quantitative estimate of drug-likeness (QED) is 0.311. The highest BCUT2D eigenvalue weighted by Crippen LogP contribution is 2.40. The Morgan fingerprint density at radius 1 is 1.09 bits per heavy atom. The van der Waals surface area contributed by atoms with E-state index >= 15 is 0 Å². The molecule has 1 aromatic heterocycles. The van der Waals surface area contributed by atoms with Crippen LogP contribution in [0.25, 0.3) is 16.6 Å². The van der Waals surface area contributed by atoms with E-state index in [1.54, 1.807) is 6.07 Å². The average Bonchev–Trinajstić information content (AvgIpc) is 3.25. The zero-order valence-corrected chi connectivity index (χ0v) is 17.8. The van der Waals surface area contributed by atoms with E-state index in [4.69, 9.17) is 0 Å². The first kappa shape index (κ1) is 23.2. The second kappa shape index (κ2) is 8.79. The molecule has 0 bridgehead atoms. The third-order valence-electron chi connectivity index (χ3n) is 5.45. The number of alkyl halides is 3. The molecule has 176 valence electrons. The molecule has 0 amide bonds. The van der Waals surface area contributed by atoms with E-state index in [2.05, 4.69) is 15.2 Å². The molecule has 2 N–H and O–H groups in total. The number of halogens is 4. The number of benzene rings is 3. The highest BCUT2D eigenvalue weighted by Gasteiger charge is 2.55. The van der Waals surface area contributed by atoms with Crippen molar-refractivity contribution < 1.29 is 32.2 Å². The standard InChI is InChI=1S/C24H19F4N3O3/c1-34-22(32)19-4-2-3-5-20(19)29-14-23(33,24(26,27)28)16-6-11-21-15(12-16)13-30-31(21)18-9-7-17(25)8-10-18/h2-13,29,33H,14H2,1H3. The van der Waals surface area contributed by atoms with Crippen molar-refractivity contribution in [3.8, 4) is 5.69 Å². The lowest BCUT2D eigenvalue weighted by atomic mass is 9.91. The molecule has 0 saturated heterocycles. The molecule has 0 saturated carbocycles. The summed E-state index contributed by atoms with van der Waals surface area (Å²) >= 11 is 0. The summed E-state index contributed by atoms with van der Waals surface area (Å²) in [7, 11) is 1.16. The van der Waals surface area contributed by atoms with Crippen LogP contribution >= 0.6 is 0 Å². The van der Waals surface area contributed by atoms with Crippen molar-refractivity contribution in [1.29, 1.82) is 0 Å². The number of ether oxygens (including phenoxy) is 1. The number of aromatic nitrogens is 2. The molecule has 0 aliphatic rings. The Labute approximate surface area is 191 Å². The van der Waals surface area contributed by atoms with Crippen molar-refractivity contribution in [2.24, 2.45) is 0 Å². The predicted octanol–water partition coefficient (Wildman–Crippen LogP) is 4.81. The number of para-hydroxylation sites is 1. The summed E-state index contributed by atoms with van der Waals surface area (Å²) in [6.07, 6.45) is -3.68. The van der Waals surface area contributed by atoms with Gasteiger partial charge in [-0.1, -0.05) is 18.2 Å². The number of carbonyl (C=O) groups excluding carboxylic acids is 1. The van der Waals surface area contributed by atoms with Gasteiger partial charge in [0.05, 0.1) is 36.6 Å². The minimum absolute atomic E-state index is 0.0329. The lowest BCUT2D eigenvalue weighted by Gasteiger charge is -2.32. The van der Waals surface area contributed by atoms with Crippen LogP contribution in [0, 0.1) is 5.82 Å². The first-order valence-corrected chi connectivity index (χ1v) is 10.1. The van der Waals surface area contributed by atoms with Crippen molar-refractivity contribution in [1.82, 2.24) is 9.78 Å². The number of rotatable bonds is 6. The molecule has 0 spiro atoms. The maximum atomic E-state index is 14.1. The van der Waals surface area contributed by atoms with E-state index < -0.39 is 35.7 Å². The van der Waals surface area contributed by atoms with Crippen LogP contribution in [-0.4, -0.2) is 40.7 Å². The van der Waals surface area contributed by atoms with Crippen molar-refractivity contribution in [3.63, 3.8) is 0 Å². The minimum atomic E-state index is -5.04. The maximum Gasteiger partial charge on any atom is 0.423 e. The molecule has 34 heavy (non-hydrogen) atoms. The number of hydrogen-bond acceptors (Lipinski definition) is 5. The van der Waals surface area contributed by atoms with Gasteiger partial charge in [0.25, 0.3) is 0 Å². The van der Waals surface area contributed by atoms with E-state index in [9.17, 15) is 27.5 Å². The number of nitrogens with one attached hydrogen (secondary N) is 1. The Kier molecular flexibility index (Phi) is 6.01. The zero-order valence-electron chi connectivity index (χ0n) is 17.8. The predicted molar refractivity (Wildman–Crippen MR) is 117 cm³/mol. The summed E-state index contributed by atoms with van der Waals surface area (Å²) in [5.41, 5.74) is -2.57. The molecule has 0 aliphatic carbocycles. The summed E-state index contributed by atoms with van der Waals surface area (Å²) in [6.45, 7) is -0.956. The molecule has 0 fully saturated rings. The first-order chi connectivity index (χ1) is 16.1. The molecule has 0 radical (unpaired) electrons. The smallest absolute Gasteiger partial charge is 0.423 e. The van der Waals surface area contributed by atoms with E-state index in [-0.39, 0.29) is 11.3 Å². The molecular formula is C24H19F4N3O3. The Balaban J connectivity index is 1.70. The SMILES string of the molecule is COC(=O)c1ccccc1NCC(O)(c1ccc2c(cnn2-c2ccc(F)cc2)c1)C(F)(F)F. The summed E-state index contributed by atoms with van der Waals surface area (Å²) in [5, 5.41) is 17.9. The number of nitrogens with zero attached hydrogens (tertiary/aromatic N) is 2. The second-order valence-corrected chi connectivity index (χ2v) is 7.56. The Morgan fingerprint density at radius 2 is 1.79 bits per heavy atom. The number of aliphatic hydroxyl groups is 1. The molecule has 1 heterocycles. The lowest BCUT2D eigenvalue weighted by Crippen LogP contribution is -2.47. The molecule has 6 nitrogen and oxygen atoms in total. The van der Waals surface area contributed by atoms with E-state index in [0.717, 1.165) is 13.2 Å². The van der Waals surface area contributed by atoms with Crippen LogP contribution in [0.3, 0.4) is 0 Å². The Morgan fingerprint density at radius 3 is 2.47 bits per heavy atom. The number of anilines is 1. The van der Waals surface area contributed by atoms with Gasteiger partial charge in [-0.2, -0.15) is 18.3 Å². The topological polar surface area (TPSA) is 76.4 Å². The third kappa shape index (κ3) is 4.19. The van der Waals surface area contributed by atoms with Gasteiger partial charge in [-0.15, -0.1) is 0 Å². The number of hydrogen-bond donors (Lipinski definition) is 2. The molecule has 1 unspecified atom stereocenters. The van der Waals surface area contributed by atoms with Gasteiger partial charge in [0.2, 0.25) is 5.60 Å². The van der Waals surface area contributed by atoms with Crippen LogP contribution in [0.15, 0.2) is 72.9 Å². The van der Waals surface area contributed by atoms with Crippen molar-refractivity contribution >= 4 is 22.6 Å². The van der Waals surface area contributed by atoms with Gasteiger partial charge in [0.15, 0.2) is 0 Å². The second-order valence-electron chi connectivity index (χ2n) is 7.56. The number of methoxy groups -OCH3 is 1. The van der Waals surface area contributed by atoms with E-state index in [0.29, 0.717) is 16.6 Å². The number of esters is 1. The highest BCUT2D eigenvalue weighted by atomic mass is 19.4. The van der Waals surface area contributed by atoms with Crippen molar-refractivity contribution in [3.05, 3.63) is 89.9 Å². The summed E-state index contributed by atoms with van der Waals surface area (Å²) in [6, 6.07) is 15.1. The fourth-order valence-electron chi connectivity index (χ4n) is 3.59. The maximum absolute atomic E-state index is 14.1. The lowest BCUT2D eigenvalue weighted by molar-refractivity contribution is -0.260. The third-order valence-corrected chi connectivity index (χ3v) is 5.45. The van der Waals surface area contributed by atoms with Gasteiger partial charge in [-0.3, -0.25) is 0 Å². The van der Waals surface area contributed by atoms with Crippen LogP contribution in [0.4, 0.5) is 23.2 Å². The summed E-state index contributed by atoms with van der Waals surface area (Å²) in [4.78, 5) is 11.9. The monoisotopic (exact) mass is 473 g/mol. The van der Waals surface area contributed by atoms with Crippen LogP contribution < -0.4 is 5.32 Å². The summed E-state index contributed by atoms with van der Waals surface area (Å²) in [5.74, 6) is -1.16. The van der Waals surface area contributed by atoms with Gasteiger partial charge in [-0.25, -0.2) is 13.9 Å². The van der Waals surface area contributed by atoms with Crippen molar-refractivity contribution in [2.45, 2.75) is 11.8 Å². The average molecular weight is 473 g/mol. The Bertz CT molecular complexity index is 1340. The first-order valence-electron chi connectivity index (χ1n) is 10.1. The van der Waals surface area contributed by atoms with Gasteiger partial charge in [0.1, 0.15) is 5.82 Å². The summed E-state index contributed by atoms with van der Waals surface area (Å²) < 4.78 is 61.6. The van der Waals surface area contributed by atoms with Gasteiger partial charge in [-0.05, 0) is 54.1 Å². The van der Waals surface area contributed by atoms with Crippen LogP contribution in [-0.2, 0) is 10.3 Å². The highest BCUT2D eigenvalue weighted by molar-refractivity contribution is 5.95. The molecule has 3 aromatic carbocycles. The van der Waals surface area contributed by atoms with Gasteiger partial charge in [0, 0.05) is 11.1 Å². The molecule has 1 atom stereocenters. The molecule has 10 heteroatoms. The van der Waals surface area contributed by atoms with E-state index in [1.807, 2.05) is 0 Å². The molecular weight excluding hydrogens is 454 g/mol. The molecule has 0 aliphatic heterocycles. The molecule has 4 aromatic rings. The van der Waals surface area contributed by atoms with Crippen LogP contribution in [0.1, 0.15) is 15.9 Å². The molecule has 4 rings (SSSR count). The van der Waals surface area contributed by atoms with E-state index in [1.165, 1.54) is 65.5 Å². The van der Waals surface area contributed by atoms with Crippen molar-refractivity contribution in [2.75, 3.05) is 19.0 Å². The minimum Gasteiger partial charge on any atom is -0.465 e. The van der Waals surface area contributed by atoms with Crippen LogP contribution in [0.2, 0.25) is 0 Å². The fourth-order valence-corrected chi connectivity index (χ4v) is 3.59. The van der Waals surface area contributed by atoms with Gasteiger partial charge < -0.3 is 15.2 Å². The number of fused-ring (bicyclic) bond motifs is 1. The van der Waals surface area contributed by atoms with Crippen LogP contribution in [0.5, 0.6) is 0 Å².